The van der Waals surface area contributed by atoms with Gasteiger partial charge in [0, 0.05) is 15.3 Å². The molecule has 29 heavy (non-hydrogen) atoms. The van der Waals surface area contributed by atoms with Crippen molar-refractivity contribution in [1.29, 1.82) is 0 Å². The molecule has 0 saturated carbocycles. The minimum absolute atomic E-state index is 0.430. The van der Waals surface area contributed by atoms with Crippen LogP contribution >= 0.6 is 23.4 Å². The van der Waals surface area contributed by atoms with Gasteiger partial charge < -0.3 is 0 Å². The second-order valence-electron chi connectivity index (χ2n) is 6.45. The van der Waals surface area contributed by atoms with Crippen LogP contribution in [0.25, 0.3) is 0 Å². The molecule has 0 N–H and O–H groups in total. The van der Waals surface area contributed by atoms with Gasteiger partial charge in [-0.3, -0.25) is 0 Å². The van der Waals surface area contributed by atoms with Crippen LogP contribution in [0, 0.1) is 0 Å². The number of nitrogens with zero attached hydrogens (tertiary/aromatic N) is 3. The Morgan fingerprint density at radius 2 is 1.28 bits per heavy atom. The summed E-state index contributed by atoms with van der Waals surface area (Å²) in [5.41, 5.74) is 1.83. The monoisotopic (exact) mass is 419 g/mol. The summed E-state index contributed by atoms with van der Waals surface area (Å²) in [6, 6.07) is 22.7. The fourth-order valence-corrected chi connectivity index (χ4v) is 4.44. The van der Waals surface area contributed by atoms with Gasteiger partial charge in [0.2, 0.25) is 0 Å². The van der Waals surface area contributed by atoms with E-state index in [0.717, 1.165) is 4.90 Å². The van der Waals surface area contributed by atoms with Crippen LogP contribution in [0.15, 0.2) is 95.0 Å². The fraction of sp³-hybridized carbons (Fsp3) is 0. The predicted octanol–water partition coefficient (Wildman–Crippen LogP) is 6.32. The molecule has 4 amide bonds. The van der Waals surface area contributed by atoms with Crippen LogP contribution in [0.1, 0.15) is 0 Å². The zero-order valence-electron chi connectivity index (χ0n) is 15.0. The first-order valence-electron chi connectivity index (χ1n) is 8.90. The van der Waals surface area contributed by atoms with Crippen LogP contribution in [0.5, 0.6) is 0 Å². The number of urea groups is 2. The van der Waals surface area contributed by atoms with Gasteiger partial charge in [0.25, 0.3) is 0 Å². The first-order chi connectivity index (χ1) is 14.1. The van der Waals surface area contributed by atoms with Gasteiger partial charge in [-0.15, -0.1) is 0 Å². The van der Waals surface area contributed by atoms with Crippen LogP contribution in [0.3, 0.4) is 0 Å². The molecule has 0 aromatic heterocycles. The Morgan fingerprint density at radius 3 is 1.93 bits per heavy atom. The number of thioether (sulfide) groups is 1. The molecule has 7 heteroatoms. The quantitative estimate of drug-likeness (QED) is 0.488. The molecule has 2 aliphatic heterocycles. The van der Waals surface area contributed by atoms with Gasteiger partial charge in [-0.2, -0.15) is 0 Å². The summed E-state index contributed by atoms with van der Waals surface area (Å²) in [5, 5.41) is 2.34. The summed E-state index contributed by atoms with van der Waals surface area (Å²) >= 11 is 7.69. The number of imide groups is 1. The largest absolute Gasteiger partial charge is 0.343 e. The lowest BCUT2D eigenvalue weighted by atomic mass is 10.2. The molecule has 2 heterocycles. The van der Waals surface area contributed by atoms with Crippen LogP contribution in [0.4, 0.5) is 26.7 Å². The van der Waals surface area contributed by atoms with Crippen molar-refractivity contribution in [3.8, 4) is 0 Å². The zero-order chi connectivity index (χ0) is 20.0. The van der Waals surface area contributed by atoms with E-state index in [4.69, 9.17) is 11.6 Å². The van der Waals surface area contributed by atoms with E-state index in [0.29, 0.717) is 27.9 Å². The van der Waals surface area contributed by atoms with Crippen LogP contribution in [-0.4, -0.2) is 12.1 Å². The molecule has 3 aromatic carbocycles. The van der Waals surface area contributed by atoms with Gasteiger partial charge in [0.15, 0.2) is 0 Å². The van der Waals surface area contributed by atoms with Crippen LogP contribution in [-0.2, 0) is 0 Å². The number of carbonyl (C=O) groups is 2. The third-order valence-corrected chi connectivity index (χ3v) is 5.87. The molecule has 0 bridgehead atoms. The van der Waals surface area contributed by atoms with Gasteiger partial charge in [-0.25, -0.2) is 24.3 Å². The van der Waals surface area contributed by atoms with Crippen molar-refractivity contribution in [2.75, 3.05) is 14.7 Å². The summed E-state index contributed by atoms with van der Waals surface area (Å²) in [7, 11) is 0. The van der Waals surface area contributed by atoms with E-state index >= 15 is 0 Å². The lowest BCUT2D eigenvalue weighted by Crippen LogP contribution is -2.60. The molecule has 5 nitrogen and oxygen atoms in total. The average Bonchev–Trinajstić information content (AvgIpc) is 2.75. The van der Waals surface area contributed by atoms with E-state index in [-0.39, 0.29) is 0 Å². The van der Waals surface area contributed by atoms with Crippen molar-refractivity contribution in [2.45, 2.75) is 4.90 Å². The molecule has 0 radical (unpaired) electrons. The van der Waals surface area contributed by atoms with E-state index in [1.54, 1.807) is 46.2 Å². The number of carbonyl (C=O) groups excluding carboxylic acids is 2. The summed E-state index contributed by atoms with van der Waals surface area (Å²) in [4.78, 5) is 32.2. The Labute approximate surface area is 176 Å². The average molecular weight is 420 g/mol. The van der Waals surface area contributed by atoms with Crippen molar-refractivity contribution in [3.05, 3.63) is 95.1 Å². The third kappa shape index (κ3) is 2.88. The molecule has 5 rings (SSSR count). The fourth-order valence-electron chi connectivity index (χ4n) is 3.41. The number of amides is 4. The molecule has 2 aliphatic rings. The highest BCUT2D eigenvalue weighted by Gasteiger charge is 2.45. The van der Waals surface area contributed by atoms with E-state index in [9.17, 15) is 9.59 Å². The molecular formula is C22H14ClN3O2S. The van der Waals surface area contributed by atoms with Crippen molar-refractivity contribution in [3.63, 3.8) is 0 Å². The zero-order valence-corrected chi connectivity index (χ0v) is 16.6. The van der Waals surface area contributed by atoms with E-state index in [1.165, 1.54) is 16.7 Å². The molecule has 142 valence electrons. The van der Waals surface area contributed by atoms with Gasteiger partial charge >= 0.3 is 12.1 Å². The van der Waals surface area contributed by atoms with Crippen LogP contribution in [0.2, 0.25) is 5.02 Å². The predicted molar refractivity (Wildman–Crippen MR) is 117 cm³/mol. The third-order valence-electron chi connectivity index (χ3n) is 4.71. The Hall–Kier alpha value is -3.22. The number of fused-ring (bicyclic) bond motifs is 3. The molecule has 0 atom stereocenters. The second kappa shape index (κ2) is 6.99. The summed E-state index contributed by atoms with van der Waals surface area (Å²) in [5.74, 6) is 0.484. The first-order valence-corrected chi connectivity index (χ1v) is 10.2. The smallest absolute Gasteiger partial charge is 0.247 e. The van der Waals surface area contributed by atoms with E-state index in [1.807, 2.05) is 47.9 Å². The Morgan fingerprint density at radius 1 is 0.690 bits per heavy atom. The highest BCUT2D eigenvalue weighted by Crippen LogP contribution is 2.45. The maximum Gasteiger partial charge on any atom is 0.343 e. The number of halogens is 1. The second-order valence-corrected chi connectivity index (χ2v) is 7.80. The van der Waals surface area contributed by atoms with Gasteiger partial charge in [0.1, 0.15) is 5.82 Å². The minimum Gasteiger partial charge on any atom is -0.247 e. The van der Waals surface area contributed by atoms with Gasteiger partial charge in [0.05, 0.1) is 17.1 Å². The Balaban J connectivity index is 1.72. The molecule has 0 aliphatic carbocycles. The molecule has 1 saturated heterocycles. The van der Waals surface area contributed by atoms with E-state index in [2.05, 4.69) is 0 Å². The number of hydrogen-bond acceptors (Lipinski definition) is 3. The van der Waals surface area contributed by atoms with Crippen molar-refractivity contribution >= 4 is 52.5 Å². The van der Waals surface area contributed by atoms with Gasteiger partial charge in [-0.05, 0) is 42.5 Å². The molecule has 3 aromatic rings. The summed E-state index contributed by atoms with van der Waals surface area (Å²) in [6.45, 7) is 0. The minimum atomic E-state index is -0.441. The molecule has 0 spiro atoms. The maximum absolute atomic E-state index is 13.5. The standard InChI is InChI=1S/C22H14ClN3O2S/c23-15-11-12-19-18(13-15)26-20(14-29-19)24(16-7-3-1-4-8-16)21(27)25(22(26)28)17-9-5-2-6-10-17/h1-14H. The van der Waals surface area contributed by atoms with Crippen LogP contribution < -0.4 is 14.7 Å². The maximum atomic E-state index is 13.5. The van der Waals surface area contributed by atoms with Crippen molar-refractivity contribution in [2.24, 2.45) is 0 Å². The lowest BCUT2D eigenvalue weighted by Gasteiger charge is -2.44. The highest BCUT2D eigenvalue weighted by molar-refractivity contribution is 8.02. The Bertz CT molecular complexity index is 1150. The topological polar surface area (TPSA) is 43.9 Å². The number of para-hydroxylation sites is 2. The number of hydrogen-bond donors (Lipinski definition) is 0. The molecule has 1 fully saturated rings. The van der Waals surface area contributed by atoms with Crippen molar-refractivity contribution in [1.82, 2.24) is 0 Å². The molecular weight excluding hydrogens is 406 g/mol. The van der Waals surface area contributed by atoms with Crippen molar-refractivity contribution < 1.29 is 9.59 Å². The number of benzene rings is 3. The Kier molecular flexibility index (Phi) is 4.30. The van der Waals surface area contributed by atoms with E-state index < -0.39 is 12.1 Å². The summed E-state index contributed by atoms with van der Waals surface area (Å²) in [6.07, 6.45) is 0. The summed E-state index contributed by atoms with van der Waals surface area (Å²) < 4.78 is 0. The van der Waals surface area contributed by atoms with Gasteiger partial charge in [-0.1, -0.05) is 59.8 Å². The number of anilines is 3. The first kappa shape index (κ1) is 17.8. The SMILES string of the molecule is O=C1N(c2ccccc2)C(=O)N2C(=CSc3ccc(Cl)cc32)N1c1ccccc1. The lowest BCUT2D eigenvalue weighted by molar-refractivity contribution is 0.238. The molecule has 0 unspecified atom stereocenters. The number of rotatable bonds is 2. The highest BCUT2D eigenvalue weighted by atomic mass is 35.5. The normalized spacial score (nSPS) is 15.8.